The quantitative estimate of drug-likeness (QED) is 0.710. The van der Waals surface area contributed by atoms with Gasteiger partial charge < -0.3 is 20.3 Å². The van der Waals surface area contributed by atoms with Crippen molar-refractivity contribution in [2.75, 3.05) is 31.6 Å². The molecule has 144 valence electrons. The Balaban J connectivity index is 1.40. The number of anilines is 1. The van der Waals surface area contributed by atoms with Gasteiger partial charge in [-0.15, -0.1) is 11.3 Å². The summed E-state index contributed by atoms with van der Waals surface area (Å²) >= 11 is 1.55. The summed E-state index contributed by atoms with van der Waals surface area (Å²) in [5.74, 6) is -0.106. The van der Waals surface area contributed by atoms with Crippen molar-refractivity contribution in [3.8, 4) is 0 Å². The Hall–Kier alpha value is -2.97. The van der Waals surface area contributed by atoms with E-state index in [1.807, 2.05) is 24.3 Å². The fraction of sp³-hybridized carbons (Fsp3) is 0.250. The van der Waals surface area contributed by atoms with Crippen molar-refractivity contribution in [2.24, 2.45) is 0 Å². The highest BCUT2D eigenvalue weighted by atomic mass is 32.1. The number of hydrogen-bond acceptors (Lipinski definition) is 5. The third-order valence-corrected chi connectivity index (χ3v) is 5.48. The van der Waals surface area contributed by atoms with E-state index in [-0.39, 0.29) is 11.9 Å². The summed E-state index contributed by atoms with van der Waals surface area (Å²) in [4.78, 5) is 31.4. The number of thiazole rings is 1. The van der Waals surface area contributed by atoms with Gasteiger partial charge in [-0.25, -0.2) is 9.78 Å². The Morgan fingerprint density at radius 3 is 2.64 bits per heavy atom. The Labute approximate surface area is 166 Å². The molecule has 0 unspecified atom stereocenters. The first-order valence-corrected chi connectivity index (χ1v) is 9.88. The molecule has 4 rings (SSSR count). The van der Waals surface area contributed by atoms with E-state index in [0.29, 0.717) is 44.1 Å². The van der Waals surface area contributed by atoms with Crippen LogP contribution < -0.4 is 10.6 Å². The van der Waals surface area contributed by atoms with Crippen LogP contribution in [0.2, 0.25) is 0 Å². The van der Waals surface area contributed by atoms with Gasteiger partial charge in [0, 0.05) is 13.1 Å². The van der Waals surface area contributed by atoms with Gasteiger partial charge in [-0.05, 0) is 24.3 Å². The molecular weight excluding hydrogens is 376 g/mol. The van der Waals surface area contributed by atoms with Crippen molar-refractivity contribution in [1.29, 1.82) is 0 Å². The van der Waals surface area contributed by atoms with Crippen LogP contribution in [-0.4, -0.2) is 48.1 Å². The average Bonchev–Trinajstić information content (AvgIpc) is 3.16. The molecule has 0 aliphatic carbocycles. The maximum atomic E-state index is 12.8. The number of benzene rings is 2. The van der Waals surface area contributed by atoms with Gasteiger partial charge in [0.1, 0.15) is 5.01 Å². The first kappa shape index (κ1) is 18.4. The average molecular weight is 396 g/mol. The largest absolute Gasteiger partial charge is 0.378 e. The molecule has 1 saturated heterocycles. The zero-order valence-electron chi connectivity index (χ0n) is 15.2. The molecule has 0 saturated carbocycles. The van der Waals surface area contributed by atoms with Gasteiger partial charge in [0.05, 0.1) is 41.2 Å². The first-order valence-electron chi connectivity index (χ1n) is 9.06. The van der Waals surface area contributed by atoms with Crippen LogP contribution in [0.3, 0.4) is 0 Å². The second kappa shape index (κ2) is 8.37. The Morgan fingerprint density at radius 2 is 1.82 bits per heavy atom. The molecule has 2 heterocycles. The minimum Gasteiger partial charge on any atom is -0.378 e. The molecule has 1 aliphatic rings. The number of rotatable bonds is 4. The molecule has 2 N–H and O–H groups in total. The maximum absolute atomic E-state index is 12.8. The number of fused-ring (bicyclic) bond motifs is 1. The molecule has 28 heavy (non-hydrogen) atoms. The molecule has 1 aromatic heterocycles. The number of carbonyl (C=O) groups is 2. The highest BCUT2D eigenvalue weighted by Gasteiger charge is 2.21. The van der Waals surface area contributed by atoms with Gasteiger partial charge in [0.25, 0.3) is 5.91 Å². The number of ether oxygens (including phenoxy) is 1. The van der Waals surface area contributed by atoms with Crippen molar-refractivity contribution >= 4 is 39.2 Å². The van der Waals surface area contributed by atoms with E-state index in [1.165, 1.54) is 0 Å². The van der Waals surface area contributed by atoms with Gasteiger partial charge in [-0.2, -0.15) is 0 Å². The predicted octanol–water partition coefficient (Wildman–Crippen LogP) is 3.09. The zero-order valence-corrected chi connectivity index (χ0v) is 16.0. The van der Waals surface area contributed by atoms with E-state index in [9.17, 15) is 9.59 Å². The number of morpholine rings is 1. The Morgan fingerprint density at radius 1 is 1.07 bits per heavy atom. The first-order chi connectivity index (χ1) is 13.7. The summed E-state index contributed by atoms with van der Waals surface area (Å²) in [5.41, 5.74) is 1.88. The predicted molar refractivity (Wildman–Crippen MR) is 109 cm³/mol. The van der Waals surface area contributed by atoms with E-state index in [2.05, 4.69) is 15.6 Å². The van der Waals surface area contributed by atoms with Crippen LogP contribution in [0.15, 0.2) is 48.5 Å². The fourth-order valence-corrected chi connectivity index (χ4v) is 3.94. The van der Waals surface area contributed by atoms with E-state index in [1.54, 1.807) is 40.5 Å². The highest BCUT2D eigenvalue weighted by Crippen LogP contribution is 2.21. The summed E-state index contributed by atoms with van der Waals surface area (Å²) < 4.78 is 6.38. The SMILES string of the molecule is O=C(NCc1nc2ccccc2s1)Nc1ccccc1C(=O)N1CCOCC1. The lowest BCUT2D eigenvalue weighted by molar-refractivity contribution is 0.0303. The summed E-state index contributed by atoms with van der Waals surface area (Å²) in [7, 11) is 0. The lowest BCUT2D eigenvalue weighted by Gasteiger charge is -2.27. The van der Waals surface area contributed by atoms with E-state index < -0.39 is 0 Å². The number of amides is 3. The number of nitrogens with zero attached hydrogens (tertiary/aromatic N) is 2. The molecule has 1 fully saturated rings. The van der Waals surface area contributed by atoms with E-state index in [4.69, 9.17) is 4.74 Å². The van der Waals surface area contributed by atoms with Gasteiger partial charge >= 0.3 is 6.03 Å². The van der Waals surface area contributed by atoms with Crippen LogP contribution in [0.25, 0.3) is 10.2 Å². The van der Waals surface area contributed by atoms with Crippen molar-refractivity contribution < 1.29 is 14.3 Å². The van der Waals surface area contributed by atoms with Crippen LogP contribution >= 0.6 is 11.3 Å². The van der Waals surface area contributed by atoms with Crippen LogP contribution in [0.4, 0.5) is 10.5 Å². The Bertz CT molecular complexity index is 965. The van der Waals surface area contributed by atoms with E-state index >= 15 is 0 Å². The highest BCUT2D eigenvalue weighted by molar-refractivity contribution is 7.18. The number of aromatic nitrogens is 1. The second-order valence-electron chi connectivity index (χ2n) is 6.33. The van der Waals surface area contributed by atoms with Gasteiger partial charge in [-0.3, -0.25) is 4.79 Å². The van der Waals surface area contributed by atoms with Crippen molar-refractivity contribution in [2.45, 2.75) is 6.54 Å². The number of para-hydroxylation sites is 2. The molecule has 0 bridgehead atoms. The minimum atomic E-state index is -0.374. The van der Waals surface area contributed by atoms with Gasteiger partial charge in [-0.1, -0.05) is 24.3 Å². The zero-order chi connectivity index (χ0) is 19.3. The smallest absolute Gasteiger partial charge is 0.319 e. The molecular formula is C20H20N4O3S. The summed E-state index contributed by atoms with van der Waals surface area (Å²) in [6, 6.07) is 14.5. The number of urea groups is 1. The summed E-state index contributed by atoms with van der Waals surface area (Å²) in [6.07, 6.45) is 0. The molecule has 0 radical (unpaired) electrons. The second-order valence-corrected chi connectivity index (χ2v) is 7.45. The van der Waals surface area contributed by atoms with Gasteiger partial charge in [0.2, 0.25) is 0 Å². The lowest BCUT2D eigenvalue weighted by Crippen LogP contribution is -2.41. The van der Waals surface area contributed by atoms with E-state index in [0.717, 1.165) is 15.2 Å². The van der Waals surface area contributed by atoms with Crippen molar-refractivity contribution in [3.63, 3.8) is 0 Å². The van der Waals surface area contributed by atoms with Crippen LogP contribution in [0, 0.1) is 0 Å². The molecule has 3 aromatic rings. The molecule has 0 atom stereocenters. The van der Waals surface area contributed by atoms with Crippen molar-refractivity contribution in [3.05, 3.63) is 59.1 Å². The standard InChI is InChI=1S/C20H20N4O3S/c25-19(24-9-11-27-12-10-24)14-5-1-2-6-15(14)23-20(26)21-13-18-22-16-7-3-4-8-17(16)28-18/h1-8H,9-13H2,(H2,21,23,26). The third-order valence-electron chi connectivity index (χ3n) is 4.44. The molecule has 2 aromatic carbocycles. The van der Waals surface area contributed by atoms with Crippen LogP contribution in [0.5, 0.6) is 0 Å². The third kappa shape index (κ3) is 4.13. The number of carbonyl (C=O) groups excluding carboxylic acids is 2. The Kier molecular flexibility index (Phi) is 5.50. The molecule has 7 nitrogen and oxygen atoms in total. The normalized spacial score (nSPS) is 14.1. The summed E-state index contributed by atoms with van der Waals surface area (Å²) in [6.45, 7) is 2.49. The summed E-state index contributed by atoms with van der Waals surface area (Å²) in [5, 5.41) is 6.42. The molecule has 0 spiro atoms. The van der Waals surface area contributed by atoms with Crippen molar-refractivity contribution in [1.82, 2.24) is 15.2 Å². The lowest BCUT2D eigenvalue weighted by atomic mass is 10.1. The minimum absolute atomic E-state index is 0.106. The molecule has 3 amide bonds. The fourth-order valence-electron chi connectivity index (χ4n) is 3.03. The van der Waals surface area contributed by atoms with Gasteiger partial charge in [0.15, 0.2) is 0 Å². The topological polar surface area (TPSA) is 83.6 Å². The van der Waals surface area contributed by atoms with Crippen LogP contribution in [0.1, 0.15) is 15.4 Å². The number of hydrogen-bond donors (Lipinski definition) is 2. The van der Waals surface area contributed by atoms with Crippen LogP contribution in [-0.2, 0) is 11.3 Å². The monoisotopic (exact) mass is 396 g/mol. The maximum Gasteiger partial charge on any atom is 0.319 e. The molecule has 8 heteroatoms. The molecule has 1 aliphatic heterocycles. The number of nitrogens with one attached hydrogen (secondary N) is 2.